The Bertz CT molecular complexity index is 935. The molecule has 1 aliphatic heterocycles. The normalized spacial score (nSPS) is 16.6. The van der Waals surface area contributed by atoms with Gasteiger partial charge in [0.2, 0.25) is 0 Å². The van der Waals surface area contributed by atoms with Crippen LogP contribution >= 0.6 is 0 Å². The average molecular weight is 412 g/mol. The van der Waals surface area contributed by atoms with E-state index in [9.17, 15) is 9.59 Å². The number of hydrogen-bond acceptors (Lipinski definition) is 5. The number of fused-ring (bicyclic) bond motifs is 1. The molecule has 0 aromatic heterocycles. The Morgan fingerprint density at radius 2 is 2.00 bits per heavy atom. The average Bonchev–Trinajstić information content (AvgIpc) is 2.67. The van der Waals surface area contributed by atoms with Crippen molar-refractivity contribution in [1.29, 1.82) is 0 Å². The van der Waals surface area contributed by atoms with Gasteiger partial charge in [0.15, 0.2) is 6.10 Å². The van der Waals surface area contributed by atoms with Gasteiger partial charge in [-0.25, -0.2) is 4.79 Å². The summed E-state index contributed by atoms with van der Waals surface area (Å²) in [5.41, 5.74) is 1.78. The topological polar surface area (TPSA) is 85.9 Å². The minimum absolute atomic E-state index is 0.205. The molecule has 2 atom stereocenters. The summed E-state index contributed by atoms with van der Waals surface area (Å²) in [5, 5.41) is 5.80. The molecule has 0 bridgehead atoms. The maximum Gasteiger partial charge on any atom is 0.408 e. The van der Waals surface area contributed by atoms with Crippen molar-refractivity contribution in [2.45, 2.75) is 51.9 Å². The van der Waals surface area contributed by atoms with E-state index in [4.69, 9.17) is 14.2 Å². The van der Waals surface area contributed by atoms with Crippen molar-refractivity contribution in [3.05, 3.63) is 53.6 Å². The van der Waals surface area contributed by atoms with E-state index in [1.165, 1.54) is 0 Å². The number of carbonyl (C=O) groups is 2. The Labute approximate surface area is 176 Å². The molecule has 0 fully saturated rings. The monoisotopic (exact) mass is 412 g/mol. The number of methoxy groups -OCH3 is 1. The maximum absolute atomic E-state index is 12.5. The molecule has 0 radical (unpaired) electrons. The van der Waals surface area contributed by atoms with Gasteiger partial charge in [-0.2, -0.15) is 0 Å². The summed E-state index contributed by atoms with van der Waals surface area (Å²) >= 11 is 0. The SMILES string of the molecule is COc1cccc(CC(NC(=O)OC(C)(C)C)c2ccc3c(c2)NC(=O)C(C)O3)c1. The lowest BCUT2D eigenvalue weighted by atomic mass is 9.97. The predicted molar refractivity (Wildman–Crippen MR) is 114 cm³/mol. The third-order valence-corrected chi connectivity index (χ3v) is 4.60. The van der Waals surface area contributed by atoms with Crippen LogP contribution in [0.2, 0.25) is 0 Å². The predicted octanol–water partition coefficient (Wildman–Crippen LogP) is 4.22. The van der Waals surface area contributed by atoms with Gasteiger partial charge in [-0.3, -0.25) is 4.79 Å². The molecule has 0 aliphatic carbocycles. The Morgan fingerprint density at radius 1 is 1.23 bits per heavy atom. The maximum atomic E-state index is 12.5. The first-order valence-corrected chi connectivity index (χ1v) is 9.88. The largest absolute Gasteiger partial charge is 0.497 e. The fourth-order valence-electron chi connectivity index (χ4n) is 3.18. The summed E-state index contributed by atoms with van der Waals surface area (Å²) in [4.78, 5) is 24.5. The second-order valence-corrected chi connectivity index (χ2v) is 8.26. The summed E-state index contributed by atoms with van der Waals surface area (Å²) < 4.78 is 16.4. The van der Waals surface area contributed by atoms with Crippen LogP contribution in [0.3, 0.4) is 0 Å². The number of rotatable bonds is 5. The van der Waals surface area contributed by atoms with Gasteiger partial charge in [0.1, 0.15) is 17.1 Å². The van der Waals surface area contributed by atoms with Crippen LogP contribution in [0.4, 0.5) is 10.5 Å². The number of alkyl carbamates (subject to hydrolysis) is 1. The summed E-state index contributed by atoms with van der Waals surface area (Å²) in [7, 11) is 1.61. The Morgan fingerprint density at radius 3 is 2.70 bits per heavy atom. The molecule has 2 N–H and O–H groups in total. The lowest BCUT2D eigenvalue weighted by Gasteiger charge is -2.27. The van der Waals surface area contributed by atoms with Crippen molar-refractivity contribution < 1.29 is 23.8 Å². The Hall–Kier alpha value is -3.22. The first-order chi connectivity index (χ1) is 14.1. The van der Waals surface area contributed by atoms with Crippen LogP contribution in [0.1, 0.15) is 44.9 Å². The van der Waals surface area contributed by atoms with Gasteiger partial charge in [0, 0.05) is 0 Å². The van der Waals surface area contributed by atoms with Crippen LogP contribution < -0.4 is 20.1 Å². The molecule has 3 rings (SSSR count). The van der Waals surface area contributed by atoms with E-state index in [2.05, 4.69) is 10.6 Å². The van der Waals surface area contributed by atoms with Gasteiger partial charge in [0.05, 0.1) is 18.8 Å². The first kappa shape index (κ1) is 21.5. The highest BCUT2D eigenvalue weighted by atomic mass is 16.6. The van der Waals surface area contributed by atoms with E-state index in [-0.39, 0.29) is 11.9 Å². The molecule has 2 aromatic rings. The molecule has 0 saturated heterocycles. The molecule has 2 unspecified atom stereocenters. The van der Waals surface area contributed by atoms with Crippen LogP contribution in [0.5, 0.6) is 11.5 Å². The molecule has 0 saturated carbocycles. The molecular weight excluding hydrogens is 384 g/mol. The fourth-order valence-corrected chi connectivity index (χ4v) is 3.18. The van der Waals surface area contributed by atoms with Gasteiger partial charge in [-0.1, -0.05) is 18.2 Å². The van der Waals surface area contributed by atoms with E-state index in [1.807, 2.05) is 57.2 Å². The van der Waals surface area contributed by atoms with Crippen molar-refractivity contribution in [1.82, 2.24) is 5.32 Å². The molecule has 0 spiro atoms. The summed E-state index contributed by atoms with van der Waals surface area (Å²) in [6.45, 7) is 7.14. The lowest BCUT2D eigenvalue weighted by molar-refractivity contribution is -0.122. The van der Waals surface area contributed by atoms with Gasteiger partial charge in [-0.15, -0.1) is 0 Å². The van der Waals surface area contributed by atoms with Crippen LogP contribution in [-0.4, -0.2) is 30.8 Å². The number of amides is 2. The fraction of sp³-hybridized carbons (Fsp3) is 0.391. The zero-order chi connectivity index (χ0) is 21.9. The number of anilines is 1. The zero-order valence-corrected chi connectivity index (χ0v) is 17.9. The van der Waals surface area contributed by atoms with Crippen molar-refractivity contribution >= 4 is 17.7 Å². The minimum Gasteiger partial charge on any atom is -0.497 e. The molecular formula is C23H28N2O5. The Kier molecular flexibility index (Phi) is 6.20. The summed E-state index contributed by atoms with van der Waals surface area (Å²) in [6.07, 6.45) is -0.543. The van der Waals surface area contributed by atoms with Gasteiger partial charge >= 0.3 is 6.09 Å². The van der Waals surface area contributed by atoms with Gasteiger partial charge < -0.3 is 24.8 Å². The quantitative estimate of drug-likeness (QED) is 0.768. The number of hydrogen-bond donors (Lipinski definition) is 2. The summed E-state index contributed by atoms with van der Waals surface area (Å²) in [6, 6.07) is 12.8. The van der Waals surface area contributed by atoms with E-state index in [1.54, 1.807) is 20.1 Å². The number of ether oxygens (including phenoxy) is 3. The highest BCUT2D eigenvalue weighted by molar-refractivity contribution is 5.97. The van der Waals surface area contributed by atoms with Crippen LogP contribution in [0.25, 0.3) is 0 Å². The molecule has 2 aromatic carbocycles. The van der Waals surface area contributed by atoms with E-state index < -0.39 is 17.8 Å². The first-order valence-electron chi connectivity index (χ1n) is 9.88. The van der Waals surface area contributed by atoms with Crippen LogP contribution in [0, 0.1) is 0 Å². The Balaban J connectivity index is 1.89. The molecule has 7 nitrogen and oxygen atoms in total. The van der Waals surface area contributed by atoms with E-state index in [0.29, 0.717) is 17.9 Å². The number of nitrogens with one attached hydrogen (secondary N) is 2. The zero-order valence-electron chi connectivity index (χ0n) is 17.9. The highest BCUT2D eigenvalue weighted by Crippen LogP contribution is 2.33. The molecule has 1 aliphatic rings. The van der Waals surface area contributed by atoms with Crippen LogP contribution in [-0.2, 0) is 16.0 Å². The van der Waals surface area contributed by atoms with E-state index in [0.717, 1.165) is 16.9 Å². The van der Waals surface area contributed by atoms with Gasteiger partial charge in [0.25, 0.3) is 5.91 Å². The molecule has 2 amide bonds. The minimum atomic E-state index is -0.613. The molecule has 7 heteroatoms. The van der Waals surface area contributed by atoms with Crippen LogP contribution in [0.15, 0.2) is 42.5 Å². The summed E-state index contributed by atoms with van der Waals surface area (Å²) in [5.74, 6) is 1.14. The number of benzene rings is 2. The standard InChI is InChI=1S/C23H28N2O5/c1-14-21(26)24-19-13-16(9-10-20(19)29-14)18(25-22(27)30-23(2,3)4)12-15-7-6-8-17(11-15)28-5/h6-11,13-14,18H,12H2,1-5H3,(H,24,26)(H,25,27). The molecule has 1 heterocycles. The second kappa shape index (κ2) is 8.65. The van der Waals surface area contributed by atoms with Crippen molar-refractivity contribution in [2.24, 2.45) is 0 Å². The molecule has 30 heavy (non-hydrogen) atoms. The third kappa shape index (κ3) is 5.43. The van der Waals surface area contributed by atoms with Crippen molar-refractivity contribution in [2.75, 3.05) is 12.4 Å². The number of carbonyl (C=O) groups excluding carboxylic acids is 2. The second-order valence-electron chi connectivity index (χ2n) is 8.26. The lowest BCUT2D eigenvalue weighted by Crippen LogP contribution is -2.36. The highest BCUT2D eigenvalue weighted by Gasteiger charge is 2.26. The van der Waals surface area contributed by atoms with Gasteiger partial charge in [-0.05, 0) is 69.5 Å². The van der Waals surface area contributed by atoms with Crippen molar-refractivity contribution in [3.8, 4) is 11.5 Å². The van der Waals surface area contributed by atoms with E-state index >= 15 is 0 Å². The smallest absolute Gasteiger partial charge is 0.408 e. The molecule has 160 valence electrons. The third-order valence-electron chi connectivity index (χ3n) is 4.60. The van der Waals surface area contributed by atoms with Crippen molar-refractivity contribution in [3.63, 3.8) is 0 Å².